The van der Waals surface area contributed by atoms with Crippen molar-refractivity contribution in [1.29, 1.82) is 0 Å². The number of nitrogens with one attached hydrogen (secondary N) is 1. The first kappa shape index (κ1) is 22.2. The Morgan fingerprint density at radius 2 is 2.03 bits per heavy atom. The Kier molecular flexibility index (Phi) is 5.27. The molecule has 1 saturated heterocycles. The molecule has 2 aliphatic rings. The Balaban J connectivity index is 1.37. The Hall–Kier alpha value is -4.61. The summed E-state index contributed by atoms with van der Waals surface area (Å²) in [5.74, 6) is -3.00. The third kappa shape index (κ3) is 3.78. The van der Waals surface area contributed by atoms with Crippen LogP contribution in [0.15, 0.2) is 42.6 Å². The van der Waals surface area contributed by atoms with Crippen LogP contribution in [0.5, 0.6) is 5.75 Å². The van der Waals surface area contributed by atoms with Crippen LogP contribution in [0.4, 0.5) is 10.1 Å². The largest absolute Gasteiger partial charge is 0.506 e. The highest BCUT2D eigenvalue weighted by atomic mass is 19.1. The maximum Gasteiger partial charge on any atom is 0.280 e. The highest BCUT2D eigenvalue weighted by molar-refractivity contribution is 6.06. The van der Waals surface area contributed by atoms with E-state index in [2.05, 4.69) is 15.6 Å². The lowest BCUT2D eigenvalue weighted by Gasteiger charge is -2.29. The van der Waals surface area contributed by atoms with Gasteiger partial charge < -0.3 is 14.9 Å². The number of nitrogens with zero attached hydrogens (tertiary/aromatic N) is 5. The standard InChI is InChI=1S/C23H19FN6O5/c1-28(20-15(24)3-2-4-18(20)31)23(35)16-11-30(27-26-16)13-5-6-14-12(9-13)10-29(22(14)34)17-7-8-19(32)25-21(17)33/h2-6,9,11,17,31H,7-8,10H2,1H3,(H,25,32,33). The van der Waals surface area contributed by atoms with Crippen molar-refractivity contribution in [2.75, 3.05) is 11.9 Å². The molecule has 178 valence electrons. The van der Waals surface area contributed by atoms with Gasteiger partial charge in [0.15, 0.2) is 11.5 Å². The number of halogens is 1. The van der Waals surface area contributed by atoms with Crippen molar-refractivity contribution >= 4 is 29.3 Å². The second-order valence-corrected chi connectivity index (χ2v) is 8.26. The maximum absolute atomic E-state index is 14.1. The fraction of sp³-hybridized carbons (Fsp3) is 0.217. The van der Waals surface area contributed by atoms with Gasteiger partial charge in [-0.1, -0.05) is 11.3 Å². The average Bonchev–Trinajstić information content (AvgIpc) is 3.43. The second-order valence-electron chi connectivity index (χ2n) is 8.26. The molecule has 1 aromatic heterocycles. The smallest absolute Gasteiger partial charge is 0.280 e. The van der Waals surface area contributed by atoms with Crippen LogP contribution in [0, 0.1) is 5.82 Å². The zero-order valence-corrected chi connectivity index (χ0v) is 18.4. The molecule has 0 radical (unpaired) electrons. The van der Waals surface area contributed by atoms with E-state index < -0.39 is 29.4 Å². The van der Waals surface area contributed by atoms with E-state index in [-0.39, 0.29) is 42.6 Å². The summed E-state index contributed by atoms with van der Waals surface area (Å²) in [7, 11) is 1.31. The summed E-state index contributed by atoms with van der Waals surface area (Å²) < 4.78 is 15.5. The third-order valence-corrected chi connectivity index (χ3v) is 6.09. The molecule has 1 fully saturated rings. The number of benzene rings is 2. The Morgan fingerprint density at radius 3 is 2.77 bits per heavy atom. The summed E-state index contributed by atoms with van der Waals surface area (Å²) in [5.41, 5.74) is 1.25. The average molecular weight is 478 g/mol. The molecule has 5 rings (SSSR count). The van der Waals surface area contributed by atoms with Crippen molar-refractivity contribution in [2.45, 2.75) is 25.4 Å². The van der Waals surface area contributed by atoms with Crippen LogP contribution in [0.1, 0.15) is 39.3 Å². The first-order valence-corrected chi connectivity index (χ1v) is 10.7. The summed E-state index contributed by atoms with van der Waals surface area (Å²) in [4.78, 5) is 51.7. The fourth-order valence-corrected chi connectivity index (χ4v) is 4.30. The number of fused-ring (bicyclic) bond motifs is 1. The predicted octanol–water partition coefficient (Wildman–Crippen LogP) is 1.15. The first-order valence-electron chi connectivity index (χ1n) is 10.7. The molecule has 0 spiro atoms. The van der Waals surface area contributed by atoms with Gasteiger partial charge in [0.1, 0.15) is 17.5 Å². The maximum atomic E-state index is 14.1. The van der Waals surface area contributed by atoms with E-state index in [0.717, 1.165) is 11.0 Å². The number of rotatable bonds is 4. The van der Waals surface area contributed by atoms with Gasteiger partial charge in [-0.05, 0) is 42.3 Å². The summed E-state index contributed by atoms with van der Waals surface area (Å²) >= 11 is 0. The Bertz CT molecular complexity index is 1380. The molecular weight excluding hydrogens is 459 g/mol. The third-order valence-electron chi connectivity index (χ3n) is 6.09. The van der Waals surface area contributed by atoms with Gasteiger partial charge >= 0.3 is 0 Å². The number of imide groups is 1. The van der Waals surface area contributed by atoms with Gasteiger partial charge in [0.25, 0.3) is 11.8 Å². The van der Waals surface area contributed by atoms with Crippen molar-refractivity contribution in [2.24, 2.45) is 0 Å². The number of carbonyl (C=O) groups excluding carboxylic acids is 4. The summed E-state index contributed by atoms with van der Waals surface area (Å²) in [6.45, 7) is 0.185. The van der Waals surface area contributed by atoms with E-state index in [0.29, 0.717) is 16.8 Å². The Morgan fingerprint density at radius 1 is 1.23 bits per heavy atom. The number of phenolic OH excluding ortho intramolecular Hbond substituents is 1. The molecule has 0 bridgehead atoms. The number of para-hydroxylation sites is 1. The zero-order valence-electron chi connectivity index (χ0n) is 18.4. The number of hydrogen-bond acceptors (Lipinski definition) is 7. The van der Waals surface area contributed by atoms with Crippen LogP contribution >= 0.6 is 0 Å². The van der Waals surface area contributed by atoms with Crippen molar-refractivity contribution in [3.8, 4) is 11.4 Å². The molecular formula is C23H19FN6O5. The van der Waals surface area contributed by atoms with Crippen molar-refractivity contribution in [1.82, 2.24) is 25.2 Å². The van der Waals surface area contributed by atoms with Crippen LogP contribution in [0.3, 0.4) is 0 Å². The summed E-state index contributed by atoms with van der Waals surface area (Å²) in [5, 5.41) is 20.0. The van der Waals surface area contributed by atoms with Gasteiger partial charge in [-0.2, -0.15) is 0 Å². The number of amides is 4. The van der Waals surface area contributed by atoms with Crippen molar-refractivity contribution in [3.63, 3.8) is 0 Å². The van der Waals surface area contributed by atoms with Crippen LogP contribution in [0.25, 0.3) is 5.69 Å². The molecule has 0 aliphatic carbocycles. The van der Waals surface area contributed by atoms with Gasteiger partial charge in [-0.15, -0.1) is 5.10 Å². The minimum absolute atomic E-state index is 0.0862. The lowest BCUT2D eigenvalue weighted by atomic mass is 10.0. The minimum Gasteiger partial charge on any atom is -0.506 e. The first-order chi connectivity index (χ1) is 16.7. The van der Waals surface area contributed by atoms with Crippen LogP contribution < -0.4 is 10.2 Å². The highest BCUT2D eigenvalue weighted by Crippen LogP contribution is 2.31. The number of aromatic nitrogens is 3. The molecule has 4 amide bonds. The molecule has 1 atom stereocenters. The van der Waals surface area contributed by atoms with Crippen LogP contribution in [-0.2, 0) is 16.1 Å². The summed E-state index contributed by atoms with van der Waals surface area (Å²) in [6.07, 6.45) is 1.78. The number of anilines is 1. The van der Waals surface area contributed by atoms with Crippen LogP contribution in [0.2, 0.25) is 0 Å². The lowest BCUT2D eigenvalue weighted by Crippen LogP contribution is -2.52. The van der Waals surface area contributed by atoms with Gasteiger partial charge in [0.05, 0.1) is 11.9 Å². The normalized spacial score (nSPS) is 17.4. The van der Waals surface area contributed by atoms with E-state index in [1.807, 2.05) is 0 Å². The van der Waals surface area contributed by atoms with E-state index in [9.17, 15) is 28.7 Å². The van der Waals surface area contributed by atoms with Crippen molar-refractivity contribution in [3.05, 3.63) is 65.2 Å². The fourth-order valence-electron chi connectivity index (χ4n) is 4.30. The molecule has 2 aromatic carbocycles. The lowest BCUT2D eigenvalue weighted by molar-refractivity contribution is -0.136. The minimum atomic E-state index is -0.767. The molecule has 3 aromatic rings. The van der Waals surface area contributed by atoms with Gasteiger partial charge in [0.2, 0.25) is 11.8 Å². The van der Waals surface area contributed by atoms with Gasteiger partial charge in [0, 0.05) is 25.6 Å². The second kappa shape index (κ2) is 8.31. The van der Waals surface area contributed by atoms with Crippen LogP contribution in [-0.4, -0.2) is 61.7 Å². The topological polar surface area (TPSA) is 138 Å². The molecule has 11 nitrogen and oxygen atoms in total. The molecule has 2 N–H and O–H groups in total. The highest BCUT2D eigenvalue weighted by Gasteiger charge is 2.39. The SMILES string of the molecule is CN(C(=O)c1cn(-c2ccc3c(c2)CN(C2CCC(=O)NC2=O)C3=O)nn1)c1c(O)cccc1F. The molecule has 35 heavy (non-hydrogen) atoms. The van der Waals surface area contributed by atoms with E-state index in [1.165, 1.54) is 35.0 Å². The summed E-state index contributed by atoms with van der Waals surface area (Å²) in [6, 6.07) is 7.92. The number of piperidine rings is 1. The molecule has 1 unspecified atom stereocenters. The number of carbonyl (C=O) groups is 4. The number of aromatic hydroxyl groups is 1. The number of phenols is 1. The van der Waals surface area contributed by atoms with E-state index in [4.69, 9.17) is 0 Å². The molecule has 0 saturated carbocycles. The van der Waals surface area contributed by atoms with Crippen molar-refractivity contribution < 1.29 is 28.7 Å². The number of hydrogen-bond donors (Lipinski definition) is 2. The van der Waals surface area contributed by atoms with E-state index >= 15 is 0 Å². The predicted molar refractivity (Wildman–Crippen MR) is 118 cm³/mol. The van der Waals surface area contributed by atoms with E-state index in [1.54, 1.807) is 18.2 Å². The molecule has 2 aliphatic heterocycles. The van der Waals surface area contributed by atoms with Gasteiger partial charge in [-0.25, -0.2) is 9.07 Å². The monoisotopic (exact) mass is 478 g/mol. The zero-order chi connectivity index (χ0) is 24.9. The molecule has 3 heterocycles. The van der Waals surface area contributed by atoms with Gasteiger partial charge in [-0.3, -0.25) is 24.5 Å². The quantitative estimate of drug-likeness (QED) is 0.537. The molecule has 12 heteroatoms. The Labute approximate surface area is 197 Å².